The van der Waals surface area contributed by atoms with Crippen LogP contribution in [0.25, 0.3) is 11.1 Å². The highest BCUT2D eigenvalue weighted by Gasteiger charge is 2.22. The Kier molecular flexibility index (Phi) is 2.81. The first-order chi connectivity index (χ1) is 9.90. The molecule has 0 atom stereocenters. The Hall–Kier alpha value is -2.08. The van der Waals surface area contributed by atoms with Crippen LogP contribution in [0.2, 0.25) is 0 Å². The van der Waals surface area contributed by atoms with Crippen molar-refractivity contribution in [1.29, 1.82) is 0 Å². The zero-order chi connectivity index (χ0) is 13.4. The molecule has 1 aromatic carbocycles. The predicted octanol–water partition coefficient (Wildman–Crippen LogP) is 2.61. The summed E-state index contributed by atoms with van der Waals surface area (Å²) < 4.78 is 5.82. The highest BCUT2D eigenvalue weighted by Crippen LogP contribution is 2.24. The molecule has 20 heavy (non-hydrogen) atoms. The molecule has 1 aliphatic heterocycles. The molecule has 0 bridgehead atoms. The summed E-state index contributed by atoms with van der Waals surface area (Å²) in [4.78, 5) is 13.4. The van der Waals surface area contributed by atoms with Gasteiger partial charge in [0.25, 0.3) is 6.01 Å². The molecule has 3 aromatic rings. The minimum absolute atomic E-state index is 0.727. The van der Waals surface area contributed by atoms with E-state index in [2.05, 4.69) is 19.8 Å². The van der Waals surface area contributed by atoms with E-state index in [-0.39, 0.29) is 0 Å². The lowest BCUT2D eigenvalue weighted by Crippen LogP contribution is -2.46. The maximum absolute atomic E-state index is 5.82. The Morgan fingerprint density at radius 2 is 1.85 bits per heavy atom. The Balaban J connectivity index is 1.51. The van der Waals surface area contributed by atoms with Crippen molar-refractivity contribution < 1.29 is 4.42 Å². The first kappa shape index (κ1) is 11.7. The van der Waals surface area contributed by atoms with Crippen molar-refractivity contribution in [3.63, 3.8) is 0 Å². The fraction of sp³-hybridized carbons (Fsp3) is 0.286. The van der Waals surface area contributed by atoms with Gasteiger partial charge < -0.3 is 14.2 Å². The summed E-state index contributed by atoms with van der Waals surface area (Å²) >= 11 is 1.69. The van der Waals surface area contributed by atoms with Crippen molar-refractivity contribution in [2.45, 2.75) is 0 Å². The molecule has 3 heterocycles. The van der Waals surface area contributed by atoms with E-state index in [9.17, 15) is 0 Å². The lowest BCUT2D eigenvalue weighted by Gasteiger charge is -2.33. The van der Waals surface area contributed by atoms with Gasteiger partial charge in [0, 0.05) is 37.8 Å². The third-order valence-electron chi connectivity index (χ3n) is 3.52. The quantitative estimate of drug-likeness (QED) is 0.724. The summed E-state index contributed by atoms with van der Waals surface area (Å²) in [7, 11) is 0. The number of fused-ring (bicyclic) bond motifs is 1. The third kappa shape index (κ3) is 2.02. The van der Waals surface area contributed by atoms with Gasteiger partial charge in [-0.3, -0.25) is 0 Å². The minimum atomic E-state index is 0.727. The smallest absolute Gasteiger partial charge is 0.298 e. The molecule has 4 rings (SSSR count). The van der Waals surface area contributed by atoms with E-state index >= 15 is 0 Å². The topological polar surface area (TPSA) is 45.4 Å². The number of thiazole rings is 1. The van der Waals surface area contributed by atoms with Gasteiger partial charge in [0.2, 0.25) is 0 Å². The zero-order valence-electron chi connectivity index (χ0n) is 10.9. The number of nitrogens with zero attached hydrogens (tertiary/aromatic N) is 4. The molecule has 0 aliphatic carbocycles. The molecule has 6 heteroatoms. The molecule has 0 N–H and O–H groups in total. The average Bonchev–Trinajstić information content (AvgIpc) is 3.17. The van der Waals surface area contributed by atoms with Crippen LogP contribution in [0, 0.1) is 0 Å². The van der Waals surface area contributed by atoms with Crippen molar-refractivity contribution in [3.8, 4) is 0 Å². The van der Waals surface area contributed by atoms with Crippen LogP contribution in [-0.4, -0.2) is 36.1 Å². The van der Waals surface area contributed by atoms with Crippen molar-refractivity contribution in [2.75, 3.05) is 36.0 Å². The van der Waals surface area contributed by atoms with E-state index in [0.717, 1.165) is 48.4 Å². The molecule has 0 radical (unpaired) electrons. The summed E-state index contributed by atoms with van der Waals surface area (Å²) in [6.07, 6.45) is 1.85. The van der Waals surface area contributed by atoms with Crippen LogP contribution < -0.4 is 9.80 Å². The largest absolute Gasteiger partial charge is 0.423 e. The lowest BCUT2D eigenvalue weighted by atomic mass is 10.3. The van der Waals surface area contributed by atoms with Crippen molar-refractivity contribution in [3.05, 3.63) is 35.8 Å². The molecule has 102 valence electrons. The monoisotopic (exact) mass is 286 g/mol. The van der Waals surface area contributed by atoms with E-state index in [4.69, 9.17) is 4.42 Å². The molecule has 5 nitrogen and oxygen atoms in total. The van der Waals surface area contributed by atoms with Gasteiger partial charge in [-0.05, 0) is 12.1 Å². The Morgan fingerprint density at radius 3 is 2.60 bits per heavy atom. The number of piperazine rings is 1. The van der Waals surface area contributed by atoms with Gasteiger partial charge in [0.05, 0.1) is 0 Å². The summed E-state index contributed by atoms with van der Waals surface area (Å²) in [6.45, 7) is 3.72. The molecule has 1 aliphatic rings. The van der Waals surface area contributed by atoms with Crippen LogP contribution in [0.15, 0.2) is 40.3 Å². The molecular weight excluding hydrogens is 272 g/mol. The first-order valence-corrected chi connectivity index (χ1v) is 7.53. The molecule has 0 amide bonds. The van der Waals surface area contributed by atoms with Crippen molar-refractivity contribution >= 4 is 33.6 Å². The van der Waals surface area contributed by atoms with Crippen LogP contribution in [0.4, 0.5) is 11.1 Å². The third-order valence-corrected chi connectivity index (χ3v) is 4.35. The van der Waals surface area contributed by atoms with Gasteiger partial charge in [-0.25, -0.2) is 4.98 Å². The lowest BCUT2D eigenvalue weighted by molar-refractivity contribution is 0.541. The average molecular weight is 286 g/mol. The van der Waals surface area contributed by atoms with Gasteiger partial charge in [-0.2, -0.15) is 4.98 Å². The second kappa shape index (κ2) is 4.79. The van der Waals surface area contributed by atoms with Crippen LogP contribution >= 0.6 is 11.3 Å². The highest BCUT2D eigenvalue weighted by molar-refractivity contribution is 7.13. The van der Waals surface area contributed by atoms with Gasteiger partial charge in [-0.1, -0.05) is 12.1 Å². The maximum atomic E-state index is 5.82. The summed E-state index contributed by atoms with van der Waals surface area (Å²) in [5.74, 6) is 0. The maximum Gasteiger partial charge on any atom is 0.298 e. The van der Waals surface area contributed by atoms with Crippen molar-refractivity contribution in [2.24, 2.45) is 0 Å². The zero-order valence-corrected chi connectivity index (χ0v) is 11.7. The van der Waals surface area contributed by atoms with E-state index < -0.39 is 0 Å². The number of rotatable bonds is 2. The number of oxazole rings is 1. The summed E-state index contributed by atoms with van der Waals surface area (Å²) in [6, 6.07) is 8.61. The van der Waals surface area contributed by atoms with Gasteiger partial charge in [0.15, 0.2) is 10.7 Å². The number of aromatic nitrogens is 2. The molecule has 2 aromatic heterocycles. The molecule has 1 fully saturated rings. The van der Waals surface area contributed by atoms with E-state index in [1.807, 2.05) is 35.8 Å². The highest BCUT2D eigenvalue weighted by atomic mass is 32.1. The number of hydrogen-bond acceptors (Lipinski definition) is 6. The van der Waals surface area contributed by atoms with Crippen LogP contribution in [0.3, 0.4) is 0 Å². The van der Waals surface area contributed by atoms with Gasteiger partial charge >= 0.3 is 0 Å². The van der Waals surface area contributed by atoms with Gasteiger partial charge in [-0.15, -0.1) is 11.3 Å². The number of anilines is 2. The molecule has 0 saturated carbocycles. The number of para-hydroxylation sites is 2. The second-order valence-electron chi connectivity index (χ2n) is 4.75. The normalized spacial score (nSPS) is 16.0. The van der Waals surface area contributed by atoms with E-state index in [1.165, 1.54) is 0 Å². The van der Waals surface area contributed by atoms with Gasteiger partial charge in [0.1, 0.15) is 5.52 Å². The van der Waals surface area contributed by atoms with Crippen molar-refractivity contribution in [1.82, 2.24) is 9.97 Å². The second-order valence-corrected chi connectivity index (χ2v) is 5.63. The fourth-order valence-corrected chi connectivity index (χ4v) is 3.15. The fourth-order valence-electron chi connectivity index (χ4n) is 2.46. The predicted molar refractivity (Wildman–Crippen MR) is 80.5 cm³/mol. The summed E-state index contributed by atoms with van der Waals surface area (Å²) in [5.41, 5.74) is 1.77. The van der Waals surface area contributed by atoms with Crippen LogP contribution in [-0.2, 0) is 0 Å². The molecule has 0 unspecified atom stereocenters. The first-order valence-electron chi connectivity index (χ1n) is 6.65. The number of hydrogen-bond donors (Lipinski definition) is 0. The van der Waals surface area contributed by atoms with E-state index in [1.54, 1.807) is 11.3 Å². The Bertz CT molecular complexity index is 668. The minimum Gasteiger partial charge on any atom is -0.423 e. The Labute approximate surface area is 120 Å². The SMILES string of the molecule is c1ccc2oc(N3CCN(c4nccs4)CC3)nc2c1. The molecule has 0 spiro atoms. The van der Waals surface area contributed by atoms with Crippen LogP contribution in [0.1, 0.15) is 0 Å². The molecular formula is C14H14N4OS. The van der Waals surface area contributed by atoms with Crippen LogP contribution in [0.5, 0.6) is 0 Å². The standard InChI is InChI=1S/C14H14N4OS/c1-2-4-12-11(3-1)16-13(19-12)17-6-8-18(9-7-17)14-15-5-10-20-14/h1-5,10H,6-9H2. The molecule has 1 saturated heterocycles. The number of benzene rings is 1. The summed E-state index contributed by atoms with van der Waals surface area (Å²) in [5, 5.41) is 3.12. The van der Waals surface area contributed by atoms with E-state index in [0.29, 0.717) is 0 Å². The Morgan fingerprint density at radius 1 is 1.05 bits per heavy atom.